The fraction of sp³-hybridized carbons (Fsp3) is 0.333. The molecule has 5 aromatic heterocycles. The summed E-state index contributed by atoms with van der Waals surface area (Å²) in [6.07, 6.45) is -0.696. The number of hydrogen-bond donors (Lipinski definition) is 3. The molecule has 0 saturated carbocycles. The molecule has 0 bridgehead atoms. The van der Waals surface area contributed by atoms with Gasteiger partial charge in [-0.15, -0.1) is 43.1 Å². The van der Waals surface area contributed by atoms with Gasteiger partial charge in [0.1, 0.15) is 39.7 Å². The van der Waals surface area contributed by atoms with Crippen LogP contribution in [0.4, 0.5) is 5.82 Å². The molecule has 61 heavy (non-hydrogen) atoms. The average molecular weight is 856 g/mol. The highest BCUT2D eigenvalue weighted by atomic mass is 32.1. The SMILES string of the molecule is Cc1ncsc1-c1ccc([C@H](C)NC(=O)[C@@H]2C[C@@H](O)CN2C(=O)[C@@H](c2cc(-c3ccc(N4CC(c5sc6nnc(-c7ccccc7O)cc6c5C)C4)nn3)no2)C(C)C)cc1. The summed E-state index contributed by atoms with van der Waals surface area (Å²) in [6.45, 7) is 11.4. The number of nitrogens with one attached hydrogen (secondary N) is 1. The van der Waals surface area contributed by atoms with Crippen LogP contribution in [0.2, 0.25) is 0 Å². The number of fused-ring (bicyclic) bond motifs is 1. The van der Waals surface area contributed by atoms with Crippen LogP contribution in [0.25, 0.3) is 43.3 Å². The molecule has 2 fully saturated rings. The van der Waals surface area contributed by atoms with Crippen molar-refractivity contribution in [1.29, 1.82) is 0 Å². The third-order valence-corrected chi connectivity index (χ3v) is 14.2. The zero-order chi connectivity index (χ0) is 42.5. The molecule has 3 N–H and O–H groups in total. The zero-order valence-electron chi connectivity index (χ0n) is 34.3. The molecule has 14 nitrogen and oxygen atoms in total. The molecule has 2 aromatic carbocycles. The highest BCUT2D eigenvalue weighted by Crippen LogP contribution is 2.41. The third kappa shape index (κ3) is 7.75. The van der Waals surface area contributed by atoms with Crippen molar-refractivity contribution in [2.24, 2.45) is 5.92 Å². The Labute approximate surface area is 360 Å². The van der Waals surface area contributed by atoms with Gasteiger partial charge in [0.15, 0.2) is 5.82 Å². The Bertz CT molecular complexity index is 2720. The molecular formula is C45H45N9O5S2. The van der Waals surface area contributed by atoms with Crippen LogP contribution in [0.15, 0.2) is 82.8 Å². The van der Waals surface area contributed by atoms with Crippen molar-refractivity contribution >= 4 is 50.5 Å². The first kappa shape index (κ1) is 40.3. The van der Waals surface area contributed by atoms with Gasteiger partial charge in [0.05, 0.1) is 33.9 Å². The number of aliphatic hydroxyl groups excluding tert-OH is 1. The molecule has 0 radical (unpaired) electrons. The molecule has 2 aliphatic rings. The van der Waals surface area contributed by atoms with Gasteiger partial charge < -0.3 is 29.9 Å². The number of amides is 2. The number of anilines is 1. The average Bonchev–Trinajstić information content (AvgIpc) is 4.05. The van der Waals surface area contributed by atoms with E-state index < -0.39 is 18.1 Å². The Morgan fingerprint density at radius 3 is 2.38 bits per heavy atom. The second kappa shape index (κ2) is 16.4. The maximum atomic E-state index is 14.3. The predicted molar refractivity (Wildman–Crippen MR) is 234 cm³/mol. The summed E-state index contributed by atoms with van der Waals surface area (Å²) in [5.41, 5.74) is 8.21. The minimum atomic E-state index is -0.841. The Balaban J connectivity index is 0.840. The number of thiazole rings is 1. The maximum absolute atomic E-state index is 14.3. The van der Waals surface area contributed by atoms with Crippen LogP contribution in [0.5, 0.6) is 5.75 Å². The van der Waals surface area contributed by atoms with Gasteiger partial charge in [-0.1, -0.05) is 55.4 Å². The van der Waals surface area contributed by atoms with Crippen LogP contribution in [-0.2, 0) is 9.59 Å². The molecule has 2 aliphatic heterocycles. The number of aliphatic hydroxyl groups is 1. The van der Waals surface area contributed by atoms with Gasteiger partial charge in [-0.25, -0.2) is 4.98 Å². The van der Waals surface area contributed by atoms with Crippen molar-refractivity contribution in [1.82, 2.24) is 40.8 Å². The first-order valence-corrected chi connectivity index (χ1v) is 22.0. The van der Waals surface area contributed by atoms with Crippen LogP contribution >= 0.6 is 22.7 Å². The molecule has 4 atom stereocenters. The Hall–Kier alpha value is -6.10. The van der Waals surface area contributed by atoms with E-state index in [4.69, 9.17) is 4.52 Å². The highest BCUT2D eigenvalue weighted by molar-refractivity contribution is 7.19. The number of carbonyl (C=O) groups excluding carboxylic acids is 2. The predicted octanol–water partition coefficient (Wildman–Crippen LogP) is 7.43. The van der Waals surface area contributed by atoms with Crippen LogP contribution < -0.4 is 10.2 Å². The van der Waals surface area contributed by atoms with Gasteiger partial charge in [-0.05, 0) is 73.7 Å². The zero-order valence-corrected chi connectivity index (χ0v) is 35.9. The molecule has 9 rings (SSSR count). The number of phenols is 1. The van der Waals surface area contributed by atoms with Crippen LogP contribution in [0, 0.1) is 19.8 Å². The van der Waals surface area contributed by atoms with E-state index in [-0.39, 0.29) is 42.5 Å². The number of nitrogens with zero attached hydrogens (tertiary/aromatic N) is 8. The number of aryl methyl sites for hydroxylation is 2. The van der Waals surface area contributed by atoms with Crippen molar-refractivity contribution in [3.63, 3.8) is 0 Å². The number of para-hydroxylation sites is 1. The van der Waals surface area contributed by atoms with Crippen molar-refractivity contribution in [3.05, 3.63) is 106 Å². The van der Waals surface area contributed by atoms with Crippen molar-refractivity contribution in [2.45, 2.75) is 71.1 Å². The molecule has 312 valence electrons. The lowest BCUT2D eigenvalue weighted by Crippen LogP contribution is -2.48. The van der Waals surface area contributed by atoms with Gasteiger partial charge in [-0.3, -0.25) is 9.59 Å². The summed E-state index contributed by atoms with van der Waals surface area (Å²) < 4.78 is 5.80. The number of benzene rings is 2. The summed E-state index contributed by atoms with van der Waals surface area (Å²) in [7, 11) is 0. The van der Waals surface area contributed by atoms with E-state index in [9.17, 15) is 19.8 Å². The van der Waals surface area contributed by atoms with Gasteiger partial charge >= 0.3 is 0 Å². The van der Waals surface area contributed by atoms with Crippen molar-refractivity contribution in [2.75, 3.05) is 24.5 Å². The minimum absolute atomic E-state index is 0.0415. The molecule has 2 saturated heterocycles. The minimum Gasteiger partial charge on any atom is -0.507 e. The van der Waals surface area contributed by atoms with E-state index in [1.54, 1.807) is 40.9 Å². The Kier molecular flexibility index (Phi) is 10.8. The van der Waals surface area contributed by atoms with E-state index in [0.29, 0.717) is 34.3 Å². The topological polar surface area (TPSA) is 184 Å². The monoisotopic (exact) mass is 855 g/mol. The number of likely N-dealkylation sites (tertiary alicyclic amines) is 1. The van der Waals surface area contributed by atoms with Crippen LogP contribution in [-0.4, -0.2) is 89.2 Å². The summed E-state index contributed by atoms with van der Waals surface area (Å²) in [6, 6.07) is 21.5. The summed E-state index contributed by atoms with van der Waals surface area (Å²) in [5, 5.41) is 47.3. The van der Waals surface area contributed by atoms with Gasteiger partial charge in [0.2, 0.25) is 11.8 Å². The number of hydrogen-bond acceptors (Lipinski definition) is 14. The standard InChI is InChI=1S/C45H45N9O5S2/c1-23(2)40(45(58)54-21-30(55)16-36(54)43(57)47-25(4)27-10-12-28(13-11-27)42-26(5)46-22-60-42)38-18-35(52-59-38)33-14-15-39(50-48-33)53-19-29(20-53)41-24(3)32-17-34(49-51-44(32)61-41)31-8-6-7-9-37(31)56/h6-15,17-18,22-23,25,29-30,36,40,55-56H,16,19-21H2,1-5H3,(H,47,57)/t25-,30+,36-,40+/m0/s1. The first-order valence-electron chi connectivity index (χ1n) is 20.3. The number of phenolic OH excluding ortho intramolecular Hbond substituents is 1. The van der Waals surface area contributed by atoms with E-state index in [1.165, 1.54) is 15.3 Å². The summed E-state index contributed by atoms with van der Waals surface area (Å²) in [5.74, 6) is 0.00800. The second-order valence-electron chi connectivity index (χ2n) is 16.3. The Morgan fingerprint density at radius 2 is 1.67 bits per heavy atom. The Morgan fingerprint density at radius 1 is 0.902 bits per heavy atom. The fourth-order valence-corrected chi connectivity index (χ4v) is 10.4. The number of thiophene rings is 1. The molecule has 7 heterocycles. The van der Waals surface area contributed by atoms with Crippen molar-refractivity contribution < 1.29 is 24.3 Å². The number of rotatable bonds is 11. The van der Waals surface area contributed by atoms with E-state index in [1.807, 2.05) is 87.8 Å². The highest BCUT2D eigenvalue weighted by Gasteiger charge is 2.43. The summed E-state index contributed by atoms with van der Waals surface area (Å²) in [4.78, 5) is 39.2. The largest absolute Gasteiger partial charge is 0.507 e. The molecule has 0 spiro atoms. The maximum Gasteiger partial charge on any atom is 0.243 e. The normalized spacial score (nSPS) is 17.8. The number of β-amino-alcohol motifs (C(OH)–C–C–N with tert-alkyl or cyclic N) is 1. The second-order valence-corrected chi connectivity index (χ2v) is 18.2. The van der Waals surface area contributed by atoms with Crippen LogP contribution in [0.1, 0.15) is 72.5 Å². The molecule has 0 aliphatic carbocycles. The lowest BCUT2D eigenvalue weighted by Gasteiger charge is -2.39. The van der Waals surface area contributed by atoms with E-state index in [0.717, 1.165) is 50.8 Å². The van der Waals surface area contributed by atoms with E-state index >= 15 is 0 Å². The molecule has 7 aromatic rings. The quantitative estimate of drug-likeness (QED) is 0.117. The number of aromatic nitrogens is 6. The van der Waals surface area contributed by atoms with Gasteiger partial charge in [0, 0.05) is 53.9 Å². The van der Waals surface area contributed by atoms with Gasteiger partial charge in [0.25, 0.3) is 0 Å². The molecule has 0 unspecified atom stereocenters. The fourth-order valence-electron chi connectivity index (χ4n) is 8.38. The van der Waals surface area contributed by atoms with Crippen LogP contribution in [0.3, 0.4) is 0 Å². The van der Waals surface area contributed by atoms with Gasteiger partial charge in [-0.2, -0.15) is 0 Å². The molecule has 2 amide bonds. The molecular weight excluding hydrogens is 811 g/mol. The number of carbonyl (C=O) groups is 2. The number of aromatic hydroxyl groups is 1. The molecule has 16 heteroatoms. The third-order valence-electron chi connectivity index (χ3n) is 11.8. The smallest absolute Gasteiger partial charge is 0.243 e. The lowest BCUT2D eigenvalue weighted by atomic mass is 9.91. The summed E-state index contributed by atoms with van der Waals surface area (Å²) >= 11 is 3.24. The van der Waals surface area contributed by atoms with E-state index in [2.05, 4.69) is 47.7 Å². The first-order chi connectivity index (χ1) is 29.4. The lowest BCUT2D eigenvalue weighted by molar-refractivity contribution is -0.141. The van der Waals surface area contributed by atoms with Crippen molar-refractivity contribution in [3.8, 4) is 38.8 Å².